The van der Waals surface area contributed by atoms with Crippen LogP contribution in [0.1, 0.15) is 64.2 Å². The highest BCUT2D eigenvalue weighted by molar-refractivity contribution is 8.01. The predicted molar refractivity (Wildman–Crippen MR) is 144 cm³/mol. The number of rotatable bonds is 6. The Morgan fingerprint density at radius 1 is 1.19 bits per heavy atom. The van der Waals surface area contributed by atoms with Crippen molar-refractivity contribution >= 4 is 45.1 Å². The highest BCUT2D eigenvalue weighted by atomic mass is 32.2. The van der Waals surface area contributed by atoms with E-state index in [0.29, 0.717) is 12.8 Å². The molecule has 2 atom stereocenters. The Kier molecular flexibility index (Phi) is 7.23. The average molecular weight is 530 g/mol. The second kappa shape index (κ2) is 9.78. The Morgan fingerprint density at radius 2 is 1.86 bits per heavy atom. The highest BCUT2D eigenvalue weighted by Crippen LogP contribution is 2.45. The van der Waals surface area contributed by atoms with Crippen LogP contribution in [0.2, 0.25) is 0 Å². The molecule has 1 aliphatic heterocycles. The number of Topliss-reactive ketones (excluding diaryl/α,β-unsaturated/α-hetero) is 1. The summed E-state index contributed by atoms with van der Waals surface area (Å²) >= 11 is 2.38. The van der Waals surface area contributed by atoms with Crippen LogP contribution in [0, 0.1) is 18.7 Å². The number of benzene rings is 2. The fraction of sp³-hybridized carbons (Fsp3) is 0.464. The van der Waals surface area contributed by atoms with Crippen molar-refractivity contribution in [2.45, 2.75) is 82.0 Å². The first-order valence-electron chi connectivity index (χ1n) is 12.1. The van der Waals surface area contributed by atoms with Gasteiger partial charge < -0.3 is 9.72 Å². The van der Waals surface area contributed by atoms with E-state index in [2.05, 4.69) is 25.8 Å². The molecule has 192 valence electrons. The van der Waals surface area contributed by atoms with Crippen molar-refractivity contribution in [3.8, 4) is 0 Å². The molecular weight excluding hydrogens is 497 g/mol. The summed E-state index contributed by atoms with van der Waals surface area (Å²) in [5.41, 5.74) is 2.38. The number of esters is 1. The van der Waals surface area contributed by atoms with Crippen molar-refractivity contribution in [2.75, 3.05) is 0 Å². The molecule has 0 radical (unpaired) electrons. The molecule has 4 rings (SSSR count). The highest BCUT2D eigenvalue weighted by Gasteiger charge is 2.49. The van der Waals surface area contributed by atoms with Crippen LogP contribution in [-0.4, -0.2) is 27.6 Å². The zero-order valence-electron chi connectivity index (χ0n) is 21.5. The number of thioether (sulfide) groups is 1. The van der Waals surface area contributed by atoms with E-state index in [0.717, 1.165) is 43.1 Å². The standard InChI is InChI=1S/C28H32FNO4S2/c1-15(2)28(12-11-17-7-9-18(29)10-8-17)14-19(31)23(25(32)34-28)35-20-13-16(3)22-24(36-26(33)30-22)21(20)27(4,5)6/h7-10,13,15,23H,11-12,14H2,1-6H3,(H,30,33). The fourth-order valence-corrected chi connectivity index (χ4v) is 7.46. The zero-order valence-corrected chi connectivity index (χ0v) is 23.1. The van der Waals surface area contributed by atoms with Crippen molar-refractivity contribution < 1.29 is 18.7 Å². The second-order valence-electron chi connectivity index (χ2n) is 10.9. The maximum atomic E-state index is 13.5. The lowest BCUT2D eigenvalue weighted by Gasteiger charge is -2.41. The molecule has 2 unspecified atom stereocenters. The number of thiazole rings is 1. The Morgan fingerprint density at radius 3 is 2.44 bits per heavy atom. The van der Waals surface area contributed by atoms with Crippen LogP contribution < -0.4 is 4.87 Å². The molecule has 2 aromatic carbocycles. The molecule has 8 heteroatoms. The molecule has 1 fully saturated rings. The van der Waals surface area contributed by atoms with Gasteiger partial charge in [0.05, 0.1) is 10.2 Å². The lowest BCUT2D eigenvalue weighted by atomic mass is 9.78. The van der Waals surface area contributed by atoms with E-state index >= 15 is 0 Å². The van der Waals surface area contributed by atoms with Crippen LogP contribution >= 0.6 is 23.1 Å². The molecule has 5 nitrogen and oxygen atoms in total. The summed E-state index contributed by atoms with van der Waals surface area (Å²) in [6, 6.07) is 8.21. The first-order chi connectivity index (χ1) is 16.8. The largest absolute Gasteiger partial charge is 0.457 e. The lowest BCUT2D eigenvalue weighted by molar-refractivity contribution is -0.176. The number of halogens is 1. The van der Waals surface area contributed by atoms with E-state index in [1.54, 1.807) is 12.1 Å². The summed E-state index contributed by atoms with van der Waals surface area (Å²) in [5, 5.41) is -0.962. The van der Waals surface area contributed by atoms with Gasteiger partial charge in [0.25, 0.3) is 0 Å². The molecule has 1 aliphatic rings. The van der Waals surface area contributed by atoms with Gasteiger partial charge in [0.1, 0.15) is 11.4 Å². The first-order valence-corrected chi connectivity index (χ1v) is 13.8. The monoisotopic (exact) mass is 529 g/mol. The third-order valence-corrected chi connectivity index (χ3v) is 9.11. The predicted octanol–water partition coefficient (Wildman–Crippen LogP) is 6.34. The molecule has 0 aliphatic carbocycles. The van der Waals surface area contributed by atoms with Gasteiger partial charge in [-0.3, -0.25) is 14.4 Å². The van der Waals surface area contributed by atoms with E-state index in [9.17, 15) is 18.8 Å². The number of cyclic esters (lactones) is 1. The third kappa shape index (κ3) is 5.16. The zero-order chi connectivity index (χ0) is 26.4. The summed E-state index contributed by atoms with van der Waals surface area (Å²) in [7, 11) is 0. The number of fused-ring (bicyclic) bond motifs is 1. The Hall–Kier alpha value is -2.45. The summed E-state index contributed by atoms with van der Waals surface area (Å²) in [6.45, 7) is 12.0. The number of aromatic amines is 1. The number of ketones is 1. The van der Waals surface area contributed by atoms with E-state index in [1.807, 2.05) is 26.8 Å². The van der Waals surface area contributed by atoms with Gasteiger partial charge in [0, 0.05) is 11.3 Å². The van der Waals surface area contributed by atoms with Crippen LogP contribution in [0.25, 0.3) is 10.2 Å². The molecule has 0 spiro atoms. The molecule has 36 heavy (non-hydrogen) atoms. The van der Waals surface area contributed by atoms with Crippen LogP contribution in [0.3, 0.4) is 0 Å². The molecule has 1 aromatic heterocycles. The summed E-state index contributed by atoms with van der Waals surface area (Å²) < 4.78 is 20.2. The summed E-state index contributed by atoms with van der Waals surface area (Å²) in [6.07, 6.45) is 1.20. The Bertz CT molecular complexity index is 1350. The van der Waals surface area contributed by atoms with Crippen LogP contribution in [0.5, 0.6) is 0 Å². The maximum Gasteiger partial charge on any atom is 0.327 e. The minimum atomic E-state index is -0.962. The summed E-state index contributed by atoms with van der Waals surface area (Å²) in [4.78, 5) is 42.6. The lowest BCUT2D eigenvalue weighted by Crippen LogP contribution is -2.52. The minimum Gasteiger partial charge on any atom is -0.457 e. The molecular formula is C28H32FNO4S2. The van der Waals surface area contributed by atoms with Gasteiger partial charge >= 0.3 is 10.8 Å². The average Bonchev–Trinajstić information content (AvgIpc) is 3.16. The van der Waals surface area contributed by atoms with Gasteiger partial charge in [-0.15, -0.1) is 11.8 Å². The van der Waals surface area contributed by atoms with Gasteiger partial charge in [0.15, 0.2) is 11.0 Å². The van der Waals surface area contributed by atoms with Crippen molar-refractivity contribution in [2.24, 2.45) is 5.92 Å². The Labute approximate surface area is 218 Å². The molecule has 3 aromatic rings. The quantitative estimate of drug-likeness (QED) is 0.298. The van der Waals surface area contributed by atoms with Gasteiger partial charge in [-0.05, 0) is 66.0 Å². The second-order valence-corrected chi connectivity index (χ2v) is 13.1. The van der Waals surface area contributed by atoms with Crippen LogP contribution in [-0.2, 0) is 26.2 Å². The number of hydrogen-bond donors (Lipinski definition) is 1. The van der Waals surface area contributed by atoms with Crippen molar-refractivity contribution in [1.82, 2.24) is 4.98 Å². The van der Waals surface area contributed by atoms with Crippen molar-refractivity contribution in [3.63, 3.8) is 0 Å². The Balaban J connectivity index is 1.63. The number of carbonyl (C=O) groups is 2. The SMILES string of the molecule is Cc1cc(SC2C(=O)CC(CCc3ccc(F)cc3)(C(C)C)OC2=O)c(C(C)(C)C)c2sc(=O)[nH]c12. The van der Waals surface area contributed by atoms with Crippen LogP contribution in [0.15, 0.2) is 40.0 Å². The topological polar surface area (TPSA) is 76.2 Å². The number of carbonyl (C=O) groups excluding carboxylic acids is 2. The fourth-order valence-electron chi connectivity index (χ4n) is 4.84. The number of hydrogen-bond acceptors (Lipinski definition) is 6. The van der Waals surface area contributed by atoms with E-state index in [1.165, 1.54) is 23.9 Å². The maximum absolute atomic E-state index is 13.5. The van der Waals surface area contributed by atoms with Gasteiger partial charge in [-0.25, -0.2) is 4.39 Å². The molecule has 1 saturated heterocycles. The minimum absolute atomic E-state index is 0.0577. The van der Waals surface area contributed by atoms with Gasteiger partial charge in [-0.1, -0.05) is 58.1 Å². The number of aryl methyl sites for hydroxylation is 2. The van der Waals surface area contributed by atoms with E-state index in [-0.39, 0.29) is 34.2 Å². The normalized spacial score (nSPS) is 20.8. The molecule has 0 amide bonds. The van der Waals surface area contributed by atoms with Crippen molar-refractivity contribution in [1.29, 1.82) is 0 Å². The van der Waals surface area contributed by atoms with Crippen molar-refractivity contribution in [3.05, 3.63) is 62.5 Å². The summed E-state index contributed by atoms with van der Waals surface area (Å²) in [5.74, 6) is -1.03. The third-order valence-electron chi connectivity index (χ3n) is 6.95. The van der Waals surface area contributed by atoms with Gasteiger partial charge in [-0.2, -0.15) is 0 Å². The molecule has 0 bridgehead atoms. The number of H-pyrrole nitrogens is 1. The van der Waals surface area contributed by atoms with E-state index < -0.39 is 16.8 Å². The number of ether oxygens (including phenoxy) is 1. The number of nitrogens with one attached hydrogen (secondary N) is 1. The first kappa shape index (κ1) is 26.6. The molecule has 0 saturated carbocycles. The molecule has 2 heterocycles. The van der Waals surface area contributed by atoms with Crippen LogP contribution in [0.4, 0.5) is 4.39 Å². The van der Waals surface area contributed by atoms with E-state index in [4.69, 9.17) is 4.74 Å². The molecule has 1 N–H and O–H groups in total. The number of aromatic nitrogens is 1. The van der Waals surface area contributed by atoms with Gasteiger partial charge in [0.2, 0.25) is 0 Å². The smallest absolute Gasteiger partial charge is 0.327 e.